The van der Waals surface area contributed by atoms with Crippen molar-refractivity contribution in [2.24, 2.45) is 0 Å². The number of carbonyl (C=O) groups is 1. The lowest BCUT2D eigenvalue weighted by atomic mass is 10.2. The highest BCUT2D eigenvalue weighted by Gasteiger charge is 2.35. The number of ether oxygens (including phenoxy) is 2. The maximum atomic E-state index is 14.1. The number of nitrogens with zero attached hydrogens (tertiary/aromatic N) is 3. The number of nitrogen functional groups attached to an aromatic ring is 1. The van der Waals surface area contributed by atoms with Crippen molar-refractivity contribution >= 4 is 41.5 Å². The van der Waals surface area contributed by atoms with Gasteiger partial charge in [-0.2, -0.15) is 5.09 Å². The first-order chi connectivity index (χ1) is 19.1. The molecule has 0 fully saturated rings. The molecule has 3 N–H and O–H groups in total. The number of hydrogen-bond donors (Lipinski definition) is 2. The Morgan fingerprint density at radius 1 is 1.05 bits per heavy atom. The summed E-state index contributed by atoms with van der Waals surface area (Å²) in [7, 11) is -4.08. The second-order valence-electron chi connectivity index (χ2n) is 9.64. The van der Waals surface area contributed by atoms with Crippen LogP contribution in [0, 0.1) is 0 Å². The molecule has 0 aliphatic heterocycles. The second-order valence-corrected chi connectivity index (χ2v) is 11.3. The molecule has 0 spiro atoms. The van der Waals surface area contributed by atoms with E-state index in [0.29, 0.717) is 29.5 Å². The molecule has 2 aromatic heterocycles. The van der Waals surface area contributed by atoms with Gasteiger partial charge < -0.3 is 24.3 Å². The number of aromatic nitrogens is 3. The zero-order valence-corrected chi connectivity index (χ0v) is 24.3. The summed E-state index contributed by atoms with van der Waals surface area (Å²) >= 11 is 0. The first kappa shape index (κ1) is 29.5. The quantitative estimate of drug-likeness (QED) is 0.163. The molecule has 12 heteroatoms. The minimum absolute atomic E-state index is 0.236. The Bertz CT molecular complexity index is 1510. The van der Waals surface area contributed by atoms with Crippen LogP contribution in [0.4, 0.5) is 5.82 Å². The fraction of sp³-hybridized carbons (Fsp3) is 0.393. The van der Waals surface area contributed by atoms with Crippen LogP contribution in [0.2, 0.25) is 0 Å². The number of para-hydroxylation sites is 2. The van der Waals surface area contributed by atoms with E-state index in [1.165, 1.54) is 0 Å². The van der Waals surface area contributed by atoms with Gasteiger partial charge in [-0.05, 0) is 52.8 Å². The Morgan fingerprint density at radius 2 is 1.75 bits per heavy atom. The summed E-state index contributed by atoms with van der Waals surface area (Å²) in [5, 5.41) is 3.60. The van der Waals surface area contributed by atoms with Crippen molar-refractivity contribution in [3.05, 3.63) is 60.4 Å². The van der Waals surface area contributed by atoms with Gasteiger partial charge in [-0.3, -0.25) is 9.32 Å². The summed E-state index contributed by atoms with van der Waals surface area (Å²) in [6.07, 6.45) is -0.998. The average molecular weight is 570 g/mol. The Hall–Kier alpha value is -3.50. The van der Waals surface area contributed by atoms with Crippen molar-refractivity contribution in [1.82, 2.24) is 19.6 Å². The van der Waals surface area contributed by atoms with Gasteiger partial charge >= 0.3 is 13.7 Å². The molecule has 40 heavy (non-hydrogen) atoms. The van der Waals surface area contributed by atoms with E-state index in [-0.39, 0.29) is 19.3 Å². The lowest BCUT2D eigenvalue weighted by molar-refractivity contribution is -0.149. The topological polar surface area (TPSA) is 140 Å². The van der Waals surface area contributed by atoms with Crippen molar-refractivity contribution in [2.75, 3.05) is 12.3 Å². The molecule has 2 aromatic carbocycles. The van der Waals surface area contributed by atoms with E-state index in [0.717, 1.165) is 16.4 Å². The number of carbonyl (C=O) groups excluding carboxylic acids is 1. The van der Waals surface area contributed by atoms with E-state index in [9.17, 15) is 9.36 Å². The summed E-state index contributed by atoms with van der Waals surface area (Å²) in [5.74, 6) is 0.677. The third-order valence-corrected chi connectivity index (χ3v) is 7.70. The van der Waals surface area contributed by atoms with Gasteiger partial charge in [0.1, 0.15) is 29.7 Å². The summed E-state index contributed by atoms with van der Waals surface area (Å²) in [6.45, 7) is 9.67. The fourth-order valence-corrected chi connectivity index (χ4v) is 5.93. The summed E-state index contributed by atoms with van der Waals surface area (Å²) in [5.41, 5.74) is 8.34. The normalized spacial score (nSPS) is 14.8. The van der Waals surface area contributed by atoms with Gasteiger partial charge in [0.2, 0.25) is 0 Å². The summed E-state index contributed by atoms with van der Waals surface area (Å²) in [4.78, 5) is 21.8. The van der Waals surface area contributed by atoms with Gasteiger partial charge in [0.15, 0.2) is 5.82 Å². The molecule has 3 atom stereocenters. The van der Waals surface area contributed by atoms with Crippen LogP contribution < -0.4 is 15.3 Å². The molecule has 0 unspecified atom stereocenters. The minimum atomic E-state index is -4.08. The Morgan fingerprint density at radius 3 is 2.45 bits per heavy atom. The maximum Gasteiger partial charge on any atom is 0.459 e. The highest BCUT2D eigenvalue weighted by atomic mass is 31.2. The number of nitrogens with two attached hydrogens (primary N) is 1. The highest BCUT2D eigenvalue weighted by molar-refractivity contribution is 7.52. The van der Waals surface area contributed by atoms with Crippen molar-refractivity contribution < 1.29 is 27.9 Å². The van der Waals surface area contributed by atoms with Crippen molar-refractivity contribution in [3.8, 4) is 5.75 Å². The molecule has 4 rings (SSSR count). The van der Waals surface area contributed by atoms with Crippen LogP contribution in [0.3, 0.4) is 0 Å². The number of hydrogen-bond acceptors (Lipinski definition) is 9. The second kappa shape index (κ2) is 12.8. The third-order valence-electron chi connectivity index (χ3n) is 5.91. The van der Waals surface area contributed by atoms with E-state index >= 15 is 0 Å². The SMILES string of the molecule is CCOCc1nc2c(N)nc3ccccc3c2n1C[C@@H](C)O[P@@](=O)(N[C@@H](C)C(=O)OC(C)C)Oc1ccccc1. The molecule has 2 heterocycles. The largest absolute Gasteiger partial charge is 0.462 e. The van der Waals surface area contributed by atoms with Crippen LogP contribution in [0.5, 0.6) is 5.75 Å². The predicted molar refractivity (Wildman–Crippen MR) is 154 cm³/mol. The molecular weight excluding hydrogens is 533 g/mol. The molecule has 0 bridgehead atoms. The Kier molecular flexibility index (Phi) is 9.42. The molecule has 11 nitrogen and oxygen atoms in total. The monoisotopic (exact) mass is 569 g/mol. The van der Waals surface area contributed by atoms with Gasteiger partial charge in [0, 0.05) is 12.0 Å². The molecule has 0 saturated heterocycles. The van der Waals surface area contributed by atoms with Crippen LogP contribution in [-0.4, -0.2) is 45.4 Å². The van der Waals surface area contributed by atoms with Crippen LogP contribution in [0.1, 0.15) is 40.4 Å². The molecule has 0 aliphatic rings. The van der Waals surface area contributed by atoms with Crippen molar-refractivity contribution in [3.63, 3.8) is 0 Å². The zero-order chi connectivity index (χ0) is 28.9. The van der Waals surface area contributed by atoms with E-state index < -0.39 is 25.9 Å². The van der Waals surface area contributed by atoms with Crippen LogP contribution in [0.15, 0.2) is 54.6 Å². The lowest BCUT2D eigenvalue weighted by Gasteiger charge is -2.26. The van der Waals surface area contributed by atoms with Crippen LogP contribution >= 0.6 is 7.75 Å². The predicted octanol–water partition coefficient (Wildman–Crippen LogP) is 5.23. The summed E-state index contributed by atoms with van der Waals surface area (Å²) in [6, 6.07) is 15.3. The van der Waals surface area contributed by atoms with Crippen molar-refractivity contribution in [1.29, 1.82) is 0 Å². The van der Waals surface area contributed by atoms with E-state index in [2.05, 4.69) is 10.1 Å². The smallest absolute Gasteiger partial charge is 0.459 e. The van der Waals surface area contributed by atoms with E-state index in [1.54, 1.807) is 52.0 Å². The molecule has 4 aromatic rings. The van der Waals surface area contributed by atoms with Gasteiger partial charge in [-0.25, -0.2) is 14.5 Å². The highest BCUT2D eigenvalue weighted by Crippen LogP contribution is 2.46. The number of nitrogens with one attached hydrogen (secondary N) is 1. The van der Waals surface area contributed by atoms with Crippen LogP contribution in [0.25, 0.3) is 21.9 Å². The Labute approximate surface area is 233 Å². The first-order valence-electron chi connectivity index (χ1n) is 13.2. The number of benzene rings is 2. The standard InChI is InChI=1S/C28H36N5O6P/c1-6-36-17-24-31-25-26(22-14-10-11-15-23(22)30-27(25)29)33(24)16-19(4)38-40(35,39-21-12-8-7-9-13-21)32-20(5)28(34)37-18(2)3/h7-15,18-20H,6,16-17H2,1-5H3,(H2,29,30)(H,32,35)/t19-,20+,40+/m1/s1. The van der Waals surface area contributed by atoms with Gasteiger partial charge in [0.25, 0.3) is 0 Å². The molecular formula is C28H36N5O6P. The average Bonchev–Trinajstić information content (AvgIpc) is 3.26. The number of esters is 1. The first-order valence-corrected chi connectivity index (χ1v) is 14.8. The molecule has 0 radical (unpaired) electrons. The van der Waals surface area contributed by atoms with E-state index in [4.69, 9.17) is 29.2 Å². The van der Waals surface area contributed by atoms with Gasteiger partial charge in [-0.1, -0.05) is 36.4 Å². The number of imidazole rings is 1. The van der Waals surface area contributed by atoms with E-state index in [1.807, 2.05) is 41.8 Å². The molecule has 0 aliphatic carbocycles. The van der Waals surface area contributed by atoms with Crippen molar-refractivity contribution in [2.45, 2.75) is 66.0 Å². The number of fused-ring (bicyclic) bond motifs is 3. The van der Waals surface area contributed by atoms with Gasteiger partial charge in [0.05, 0.1) is 29.8 Å². The third kappa shape index (κ3) is 6.98. The van der Waals surface area contributed by atoms with Crippen LogP contribution in [-0.2, 0) is 36.5 Å². The summed E-state index contributed by atoms with van der Waals surface area (Å²) < 4.78 is 38.9. The maximum absolute atomic E-state index is 14.1. The number of rotatable bonds is 13. The zero-order valence-electron chi connectivity index (χ0n) is 23.4. The Balaban J connectivity index is 1.68. The molecule has 0 amide bonds. The van der Waals surface area contributed by atoms with Gasteiger partial charge in [-0.15, -0.1) is 0 Å². The number of pyridine rings is 1. The lowest BCUT2D eigenvalue weighted by Crippen LogP contribution is -2.37. The fourth-order valence-electron chi connectivity index (χ4n) is 4.26. The number of anilines is 1. The molecule has 0 saturated carbocycles. The molecule has 214 valence electrons. The minimum Gasteiger partial charge on any atom is -0.462 e.